The molecule has 1 aliphatic heterocycles. The van der Waals surface area contributed by atoms with Gasteiger partial charge >= 0.3 is 12.3 Å². The Morgan fingerprint density at radius 1 is 1.20 bits per heavy atom. The summed E-state index contributed by atoms with van der Waals surface area (Å²) in [6, 6.07) is 4.45. The largest absolute Gasteiger partial charge is 0.444 e. The molecule has 1 saturated heterocycles. The van der Waals surface area contributed by atoms with Crippen LogP contribution in [0.1, 0.15) is 52.0 Å². The van der Waals surface area contributed by atoms with Crippen molar-refractivity contribution in [3.8, 4) is 11.3 Å². The van der Waals surface area contributed by atoms with Crippen molar-refractivity contribution in [2.24, 2.45) is 5.92 Å². The Bertz CT molecular complexity index is 1550. The molecule has 3 heterocycles. The maximum Gasteiger partial charge on any atom is 0.419 e. The molecule has 2 aromatic heterocycles. The van der Waals surface area contributed by atoms with Crippen molar-refractivity contribution < 1.29 is 31.1 Å². The van der Waals surface area contributed by atoms with Crippen molar-refractivity contribution in [3.63, 3.8) is 0 Å². The number of benzene rings is 1. The van der Waals surface area contributed by atoms with E-state index in [2.05, 4.69) is 25.0 Å². The summed E-state index contributed by atoms with van der Waals surface area (Å²) in [7, 11) is -3.62. The summed E-state index contributed by atoms with van der Waals surface area (Å²) < 4.78 is 75.4. The van der Waals surface area contributed by atoms with Gasteiger partial charge in [-0.1, -0.05) is 12.1 Å². The smallest absolute Gasteiger partial charge is 0.419 e. The molecule has 10 nitrogen and oxygen atoms in total. The molecule has 3 N–H and O–H groups in total. The Morgan fingerprint density at radius 3 is 2.63 bits per heavy atom. The molecule has 0 radical (unpaired) electrons. The van der Waals surface area contributed by atoms with Gasteiger partial charge in [-0.2, -0.15) is 13.2 Å². The van der Waals surface area contributed by atoms with E-state index in [1.54, 1.807) is 43.9 Å². The Labute approximate surface area is 236 Å². The van der Waals surface area contributed by atoms with E-state index in [9.17, 15) is 26.4 Å². The first kappa shape index (κ1) is 29.0. The second-order valence-electron chi connectivity index (χ2n) is 11.6. The van der Waals surface area contributed by atoms with Crippen molar-refractivity contribution in [2.45, 2.75) is 64.3 Å². The lowest BCUT2D eigenvalue weighted by atomic mass is 10.0. The van der Waals surface area contributed by atoms with Gasteiger partial charge in [0.05, 0.1) is 22.7 Å². The highest BCUT2D eigenvalue weighted by molar-refractivity contribution is 7.92. The minimum atomic E-state index is -4.74. The molecule has 14 heteroatoms. The van der Waals surface area contributed by atoms with E-state index in [1.165, 1.54) is 6.20 Å². The lowest BCUT2D eigenvalue weighted by Gasteiger charge is -2.34. The number of halogens is 3. The van der Waals surface area contributed by atoms with Crippen molar-refractivity contribution in [1.29, 1.82) is 0 Å². The molecule has 5 rings (SSSR count). The van der Waals surface area contributed by atoms with Crippen LogP contribution in [0.15, 0.2) is 30.6 Å². The van der Waals surface area contributed by atoms with E-state index in [4.69, 9.17) is 4.74 Å². The normalized spacial score (nSPS) is 18.4. The average Bonchev–Trinajstić information content (AvgIpc) is 3.55. The maximum atomic E-state index is 14.1. The van der Waals surface area contributed by atoms with E-state index >= 15 is 0 Å². The zero-order valence-corrected chi connectivity index (χ0v) is 23.8. The highest BCUT2D eigenvalue weighted by atomic mass is 32.2. The molecule has 222 valence electrons. The number of ether oxygens (including phenoxy) is 1. The Morgan fingerprint density at radius 2 is 1.95 bits per heavy atom. The number of carbonyl (C=O) groups is 1. The van der Waals surface area contributed by atoms with Gasteiger partial charge in [0.2, 0.25) is 16.0 Å². The summed E-state index contributed by atoms with van der Waals surface area (Å²) in [4.78, 5) is 25.2. The van der Waals surface area contributed by atoms with Crippen LogP contribution >= 0.6 is 0 Å². The van der Waals surface area contributed by atoms with E-state index in [1.807, 2.05) is 0 Å². The monoisotopic (exact) mass is 594 g/mol. The van der Waals surface area contributed by atoms with Gasteiger partial charge in [-0.25, -0.2) is 23.2 Å². The summed E-state index contributed by atoms with van der Waals surface area (Å²) in [5.74, 6) is 0.120. The summed E-state index contributed by atoms with van der Waals surface area (Å²) in [6.45, 7) is 6.12. The molecule has 1 saturated carbocycles. The highest BCUT2D eigenvalue weighted by Gasteiger charge is 2.37. The number of piperidine rings is 1. The molecule has 2 aliphatic rings. The van der Waals surface area contributed by atoms with Crippen molar-refractivity contribution in [1.82, 2.24) is 19.9 Å². The number of nitrogens with zero attached hydrogens (tertiary/aromatic N) is 3. The van der Waals surface area contributed by atoms with Gasteiger partial charge in [0, 0.05) is 42.5 Å². The number of alkyl halides is 3. The van der Waals surface area contributed by atoms with E-state index in [0.717, 1.165) is 19.0 Å². The number of hydrogen-bond acceptors (Lipinski definition) is 7. The first-order valence-corrected chi connectivity index (χ1v) is 15.1. The number of fused-ring (bicyclic) bond motifs is 1. The number of aromatic nitrogens is 3. The SMILES string of the molecule is CC(C)(C)OC(=O)N1CCC[C@H](Nc2ncc(C(F)(F)F)c(-c3c[nH]c4c(NS(=O)(=O)CC5CC5)cccc34)n2)C1. The number of rotatable bonds is 7. The van der Waals surface area contributed by atoms with Crippen LogP contribution in [-0.4, -0.2) is 64.8 Å². The summed E-state index contributed by atoms with van der Waals surface area (Å²) >= 11 is 0. The lowest BCUT2D eigenvalue weighted by molar-refractivity contribution is -0.137. The van der Waals surface area contributed by atoms with Crippen LogP contribution in [0, 0.1) is 5.92 Å². The number of H-pyrrole nitrogens is 1. The number of likely N-dealkylation sites (tertiary alicyclic amines) is 1. The number of hydrogen-bond donors (Lipinski definition) is 3. The Balaban J connectivity index is 1.43. The van der Waals surface area contributed by atoms with Crippen molar-refractivity contribution >= 4 is 38.7 Å². The van der Waals surface area contributed by atoms with Gasteiger partial charge in [0.25, 0.3) is 0 Å². The van der Waals surface area contributed by atoms with Crippen LogP contribution < -0.4 is 10.0 Å². The lowest BCUT2D eigenvalue weighted by Crippen LogP contribution is -2.47. The fraction of sp³-hybridized carbons (Fsp3) is 0.519. The molecule has 0 unspecified atom stereocenters. The summed E-state index contributed by atoms with van der Waals surface area (Å²) in [5.41, 5.74) is -1.27. The third-order valence-corrected chi connectivity index (χ3v) is 8.33. The first-order chi connectivity index (χ1) is 19.2. The predicted octanol–water partition coefficient (Wildman–Crippen LogP) is 5.61. The van der Waals surface area contributed by atoms with E-state index in [0.29, 0.717) is 30.3 Å². The minimum absolute atomic E-state index is 0.00262. The Hall–Kier alpha value is -3.55. The number of sulfonamides is 1. The molecule has 0 bridgehead atoms. The molecule has 1 aromatic carbocycles. The Kier molecular flexibility index (Phi) is 7.55. The molecule has 1 amide bonds. The fourth-order valence-corrected chi connectivity index (χ4v) is 6.42. The third-order valence-electron chi connectivity index (χ3n) is 6.89. The van der Waals surface area contributed by atoms with Crippen LogP contribution in [0.2, 0.25) is 0 Å². The van der Waals surface area contributed by atoms with Crippen LogP contribution in [0.25, 0.3) is 22.2 Å². The van der Waals surface area contributed by atoms with Crippen LogP contribution in [0.4, 0.5) is 29.6 Å². The van der Waals surface area contributed by atoms with Crippen LogP contribution in [0.3, 0.4) is 0 Å². The third kappa shape index (κ3) is 7.03. The second-order valence-corrected chi connectivity index (χ2v) is 13.4. The quantitative estimate of drug-likeness (QED) is 0.324. The first-order valence-electron chi connectivity index (χ1n) is 13.5. The molecule has 2 fully saturated rings. The highest BCUT2D eigenvalue weighted by Crippen LogP contribution is 2.40. The van der Waals surface area contributed by atoms with E-state index in [-0.39, 0.29) is 47.2 Å². The van der Waals surface area contributed by atoms with Gasteiger partial charge in [0.1, 0.15) is 11.2 Å². The zero-order valence-electron chi connectivity index (χ0n) is 23.0. The number of para-hydroxylation sites is 1. The zero-order chi connectivity index (χ0) is 29.6. The van der Waals surface area contributed by atoms with Crippen molar-refractivity contribution in [2.75, 3.05) is 28.9 Å². The molecule has 3 aromatic rings. The molecular weight excluding hydrogens is 561 g/mol. The average molecular weight is 595 g/mol. The van der Waals surface area contributed by atoms with Gasteiger partial charge < -0.3 is 19.9 Å². The van der Waals surface area contributed by atoms with Gasteiger partial charge in [-0.3, -0.25) is 4.72 Å². The second kappa shape index (κ2) is 10.7. The standard InChI is InChI=1S/C27H33F3N6O4S/c1-26(2,3)40-25(37)36-11-5-6-17(14-36)33-24-32-13-20(27(28,29)30)22(34-24)19-12-31-23-18(19)7-4-8-21(23)35-41(38,39)15-16-9-10-16/h4,7-8,12-13,16-17,31,35H,5-6,9-11,14-15H2,1-3H3,(H,32,33,34)/t17-/m0/s1. The number of nitrogens with one attached hydrogen (secondary N) is 3. The van der Waals surface area contributed by atoms with Crippen molar-refractivity contribution in [3.05, 3.63) is 36.2 Å². The van der Waals surface area contributed by atoms with Gasteiger partial charge in [-0.15, -0.1) is 0 Å². The number of aromatic amines is 1. The predicted molar refractivity (Wildman–Crippen MR) is 149 cm³/mol. The van der Waals surface area contributed by atoms with Gasteiger partial charge in [-0.05, 0) is 58.4 Å². The molecular formula is C27H33F3N6O4S. The molecule has 41 heavy (non-hydrogen) atoms. The number of amides is 1. The summed E-state index contributed by atoms with van der Waals surface area (Å²) in [6.07, 6.45) is -0.0119. The topological polar surface area (TPSA) is 129 Å². The minimum Gasteiger partial charge on any atom is -0.444 e. The summed E-state index contributed by atoms with van der Waals surface area (Å²) in [5, 5.41) is 3.46. The van der Waals surface area contributed by atoms with E-state index < -0.39 is 33.5 Å². The van der Waals surface area contributed by atoms with Crippen LogP contribution in [0.5, 0.6) is 0 Å². The molecule has 1 aliphatic carbocycles. The molecule has 1 atom stereocenters. The van der Waals surface area contributed by atoms with Gasteiger partial charge in [0.15, 0.2) is 0 Å². The maximum absolute atomic E-state index is 14.1. The van der Waals surface area contributed by atoms with Crippen LogP contribution in [-0.2, 0) is 20.9 Å². The number of carbonyl (C=O) groups excluding carboxylic acids is 1. The number of anilines is 2. The fourth-order valence-electron chi connectivity index (χ4n) is 4.87. The molecule has 0 spiro atoms.